The smallest absolute Gasteiger partial charge is 0.256 e. The number of rotatable bonds is 7. The first-order valence-corrected chi connectivity index (χ1v) is 10.5. The highest BCUT2D eigenvalue weighted by atomic mass is 19.1. The molecular weight excluding hydrogens is 383 g/mol. The van der Waals surface area contributed by atoms with Gasteiger partial charge in [-0.25, -0.2) is 4.39 Å². The summed E-state index contributed by atoms with van der Waals surface area (Å²) in [6.07, 6.45) is 4.73. The number of benzene rings is 2. The SMILES string of the molecule is COc1cccc(-c2[nH]c(=O)c3cc(F)ccc3c2OCCCN2CCCCC2)c1. The van der Waals surface area contributed by atoms with Crippen LogP contribution in [-0.2, 0) is 0 Å². The largest absolute Gasteiger partial charge is 0.497 e. The molecule has 3 aromatic rings. The predicted octanol–water partition coefficient (Wildman–Crippen LogP) is 4.60. The molecule has 1 fully saturated rings. The Balaban J connectivity index is 1.65. The Morgan fingerprint density at radius 1 is 1.07 bits per heavy atom. The quantitative estimate of drug-likeness (QED) is 0.579. The van der Waals surface area contributed by atoms with Crippen LogP contribution in [0.25, 0.3) is 22.0 Å². The summed E-state index contributed by atoms with van der Waals surface area (Å²) in [5, 5.41) is 0.892. The summed E-state index contributed by atoms with van der Waals surface area (Å²) >= 11 is 0. The first-order chi connectivity index (χ1) is 14.7. The van der Waals surface area contributed by atoms with Crippen molar-refractivity contribution in [2.75, 3.05) is 33.4 Å². The van der Waals surface area contributed by atoms with Gasteiger partial charge >= 0.3 is 0 Å². The lowest BCUT2D eigenvalue weighted by atomic mass is 10.0. The fraction of sp³-hybridized carbons (Fsp3) is 0.375. The molecule has 0 bridgehead atoms. The van der Waals surface area contributed by atoms with E-state index in [4.69, 9.17) is 9.47 Å². The summed E-state index contributed by atoms with van der Waals surface area (Å²) in [5.41, 5.74) is 1.02. The molecule has 0 amide bonds. The van der Waals surface area contributed by atoms with Crippen LogP contribution in [0.2, 0.25) is 0 Å². The van der Waals surface area contributed by atoms with Crippen LogP contribution in [0.15, 0.2) is 47.3 Å². The van der Waals surface area contributed by atoms with Gasteiger partial charge in [0.1, 0.15) is 11.6 Å². The number of nitrogens with one attached hydrogen (secondary N) is 1. The molecule has 0 saturated carbocycles. The molecule has 0 spiro atoms. The van der Waals surface area contributed by atoms with Gasteiger partial charge in [0.05, 0.1) is 24.8 Å². The van der Waals surface area contributed by atoms with E-state index in [1.807, 2.05) is 24.3 Å². The number of nitrogens with zero attached hydrogens (tertiary/aromatic N) is 1. The van der Waals surface area contributed by atoms with Gasteiger partial charge in [-0.1, -0.05) is 18.6 Å². The highest BCUT2D eigenvalue weighted by Gasteiger charge is 2.16. The molecule has 0 aliphatic carbocycles. The highest BCUT2D eigenvalue weighted by molar-refractivity contribution is 5.93. The third-order valence-electron chi connectivity index (χ3n) is 5.61. The van der Waals surface area contributed by atoms with Crippen LogP contribution in [-0.4, -0.2) is 43.2 Å². The number of pyridine rings is 1. The van der Waals surface area contributed by atoms with Gasteiger partial charge in [-0.2, -0.15) is 0 Å². The number of hydrogen-bond donors (Lipinski definition) is 1. The maximum atomic E-state index is 13.8. The minimum absolute atomic E-state index is 0.285. The van der Waals surface area contributed by atoms with E-state index in [0.29, 0.717) is 29.2 Å². The number of ether oxygens (including phenoxy) is 2. The van der Waals surface area contributed by atoms with E-state index >= 15 is 0 Å². The van der Waals surface area contributed by atoms with Crippen molar-refractivity contribution in [1.29, 1.82) is 0 Å². The Morgan fingerprint density at radius 3 is 2.70 bits per heavy atom. The maximum Gasteiger partial charge on any atom is 0.256 e. The van der Waals surface area contributed by atoms with Gasteiger partial charge in [-0.3, -0.25) is 4.79 Å². The summed E-state index contributed by atoms with van der Waals surface area (Å²) < 4.78 is 25.3. The number of aromatic amines is 1. The zero-order valence-corrected chi connectivity index (χ0v) is 17.2. The number of H-pyrrole nitrogens is 1. The van der Waals surface area contributed by atoms with Crippen LogP contribution in [0, 0.1) is 5.82 Å². The van der Waals surface area contributed by atoms with Crippen molar-refractivity contribution >= 4 is 10.8 Å². The van der Waals surface area contributed by atoms with Crippen LogP contribution in [0.1, 0.15) is 25.7 Å². The van der Waals surface area contributed by atoms with Crippen molar-refractivity contribution in [3.05, 3.63) is 58.6 Å². The zero-order valence-electron chi connectivity index (χ0n) is 17.2. The van der Waals surface area contributed by atoms with E-state index in [0.717, 1.165) is 31.6 Å². The van der Waals surface area contributed by atoms with E-state index in [2.05, 4.69) is 9.88 Å². The van der Waals surface area contributed by atoms with Gasteiger partial charge in [-0.15, -0.1) is 0 Å². The molecule has 30 heavy (non-hydrogen) atoms. The fourth-order valence-corrected chi connectivity index (χ4v) is 4.05. The topological polar surface area (TPSA) is 54.6 Å². The minimum atomic E-state index is -0.446. The molecule has 0 radical (unpaired) electrons. The molecule has 1 N–H and O–H groups in total. The van der Waals surface area contributed by atoms with E-state index < -0.39 is 5.82 Å². The average Bonchev–Trinajstić information content (AvgIpc) is 2.78. The third kappa shape index (κ3) is 4.49. The molecule has 0 atom stereocenters. The summed E-state index contributed by atoms with van der Waals surface area (Å²) in [7, 11) is 1.60. The number of piperidine rings is 1. The Labute approximate surface area is 175 Å². The van der Waals surface area contributed by atoms with Crippen LogP contribution in [0.4, 0.5) is 4.39 Å². The summed E-state index contributed by atoms with van der Waals surface area (Å²) in [6, 6.07) is 11.7. The molecule has 0 unspecified atom stereocenters. The lowest BCUT2D eigenvalue weighted by molar-refractivity contribution is 0.205. The maximum absolute atomic E-state index is 13.8. The molecule has 4 rings (SSSR count). The van der Waals surface area contributed by atoms with Crippen LogP contribution in [0.5, 0.6) is 11.5 Å². The molecule has 5 nitrogen and oxygen atoms in total. The molecule has 2 heterocycles. The lowest BCUT2D eigenvalue weighted by Gasteiger charge is -2.26. The summed E-state index contributed by atoms with van der Waals surface area (Å²) in [6.45, 7) is 3.81. The molecule has 1 aromatic heterocycles. The molecule has 2 aromatic carbocycles. The molecule has 6 heteroatoms. The van der Waals surface area contributed by atoms with Crippen molar-refractivity contribution in [2.24, 2.45) is 0 Å². The zero-order chi connectivity index (χ0) is 20.9. The second kappa shape index (κ2) is 9.30. The minimum Gasteiger partial charge on any atom is -0.497 e. The van der Waals surface area contributed by atoms with Crippen molar-refractivity contribution in [3.63, 3.8) is 0 Å². The van der Waals surface area contributed by atoms with Crippen LogP contribution in [0.3, 0.4) is 0 Å². The first kappa shape index (κ1) is 20.4. The van der Waals surface area contributed by atoms with E-state index in [-0.39, 0.29) is 10.9 Å². The number of halogens is 1. The van der Waals surface area contributed by atoms with Crippen molar-refractivity contribution in [3.8, 4) is 22.8 Å². The summed E-state index contributed by atoms with van der Waals surface area (Å²) in [5.74, 6) is 0.804. The number of fused-ring (bicyclic) bond motifs is 1. The Bertz CT molecular complexity index is 1070. The van der Waals surface area contributed by atoms with Crippen molar-refractivity contribution in [2.45, 2.75) is 25.7 Å². The number of hydrogen-bond acceptors (Lipinski definition) is 4. The monoisotopic (exact) mass is 410 g/mol. The lowest BCUT2D eigenvalue weighted by Crippen LogP contribution is -2.31. The molecule has 158 valence electrons. The first-order valence-electron chi connectivity index (χ1n) is 10.5. The molecule has 1 saturated heterocycles. The van der Waals surface area contributed by atoms with Crippen LogP contribution >= 0.6 is 0 Å². The van der Waals surface area contributed by atoms with E-state index in [9.17, 15) is 9.18 Å². The van der Waals surface area contributed by atoms with Gasteiger partial charge in [0.2, 0.25) is 0 Å². The number of aromatic nitrogens is 1. The van der Waals surface area contributed by atoms with E-state index in [1.54, 1.807) is 13.2 Å². The Kier molecular flexibility index (Phi) is 6.33. The number of likely N-dealkylation sites (tertiary alicyclic amines) is 1. The van der Waals surface area contributed by atoms with Crippen LogP contribution < -0.4 is 15.0 Å². The number of methoxy groups -OCH3 is 1. The summed E-state index contributed by atoms with van der Waals surface area (Å²) in [4.78, 5) is 18.0. The Hall–Kier alpha value is -2.86. The standard InChI is InChI=1S/C24H27FN2O3/c1-29-19-8-5-7-17(15-19)22-23(30-14-6-13-27-11-3-2-4-12-27)20-10-9-18(25)16-21(20)24(28)26-22/h5,7-10,15-16H,2-4,6,11-14H2,1H3,(H,26,28). The van der Waals surface area contributed by atoms with Crippen molar-refractivity contribution < 1.29 is 13.9 Å². The third-order valence-corrected chi connectivity index (χ3v) is 5.61. The highest BCUT2D eigenvalue weighted by Crippen LogP contribution is 2.35. The molecule has 1 aliphatic heterocycles. The van der Waals surface area contributed by atoms with Crippen molar-refractivity contribution in [1.82, 2.24) is 9.88 Å². The van der Waals surface area contributed by atoms with Gasteiger partial charge in [0, 0.05) is 17.5 Å². The Morgan fingerprint density at radius 2 is 1.90 bits per heavy atom. The predicted molar refractivity (Wildman–Crippen MR) is 117 cm³/mol. The second-order valence-corrected chi connectivity index (χ2v) is 7.68. The molecule has 1 aliphatic rings. The second-order valence-electron chi connectivity index (χ2n) is 7.68. The van der Waals surface area contributed by atoms with Gasteiger partial charge in [0.25, 0.3) is 5.56 Å². The van der Waals surface area contributed by atoms with Gasteiger partial charge < -0.3 is 19.4 Å². The van der Waals surface area contributed by atoms with Gasteiger partial charge in [-0.05, 0) is 62.7 Å². The molecular formula is C24H27FN2O3. The average molecular weight is 410 g/mol. The fourth-order valence-electron chi connectivity index (χ4n) is 4.05. The van der Waals surface area contributed by atoms with Gasteiger partial charge in [0.15, 0.2) is 5.75 Å². The van der Waals surface area contributed by atoms with E-state index in [1.165, 1.54) is 31.4 Å². The normalized spacial score (nSPS) is 14.7.